The molecule has 5 nitrogen and oxygen atoms in total. The molecule has 0 spiro atoms. The number of rotatable bonds is 7. The van der Waals surface area contributed by atoms with E-state index in [1.165, 1.54) is 46.8 Å². The second-order valence-electron chi connectivity index (χ2n) is 6.41. The van der Waals surface area contributed by atoms with E-state index in [-0.39, 0.29) is 22.0 Å². The molecule has 1 amide bonds. The molecule has 0 atom stereocenters. The topological polar surface area (TPSA) is 66.5 Å². The Hall–Kier alpha value is -2.51. The predicted octanol–water partition coefficient (Wildman–Crippen LogP) is 6.28. The number of carbonyl (C=O) groups is 1. The van der Waals surface area contributed by atoms with E-state index in [0.29, 0.717) is 21.4 Å². The molecular formula is C22H17Cl3N2O3S. The minimum atomic E-state index is -3.99. The molecule has 1 N–H and O–H groups in total. The van der Waals surface area contributed by atoms with E-state index in [1.54, 1.807) is 30.3 Å². The van der Waals surface area contributed by atoms with E-state index in [4.69, 9.17) is 34.8 Å². The number of hydrogen-bond acceptors (Lipinski definition) is 3. The first-order valence-electron chi connectivity index (χ1n) is 8.98. The van der Waals surface area contributed by atoms with Crippen LogP contribution in [0.15, 0.2) is 84.3 Å². The highest BCUT2D eigenvalue weighted by Crippen LogP contribution is 2.28. The van der Waals surface area contributed by atoms with Crippen molar-refractivity contribution in [3.8, 4) is 0 Å². The lowest BCUT2D eigenvalue weighted by atomic mass is 10.2. The molecule has 0 aliphatic carbocycles. The van der Waals surface area contributed by atoms with Crippen molar-refractivity contribution < 1.29 is 13.2 Å². The molecule has 0 aliphatic heterocycles. The molecule has 0 radical (unpaired) electrons. The van der Waals surface area contributed by atoms with Gasteiger partial charge in [0.1, 0.15) is 0 Å². The first-order valence-corrected chi connectivity index (χ1v) is 11.6. The van der Waals surface area contributed by atoms with Gasteiger partial charge in [0.15, 0.2) is 0 Å². The number of amides is 1. The van der Waals surface area contributed by atoms with Crippen molar-refractivity contribution in [3.63, 3.8) is 0 Å². The Morgan fingerprint density at radius 1 is 0.968 bits per heavy atom. The number of hydrogen-bond donors (Lipinski definition) is 1. The number of anilines is 2. The van der Waals surface area contributed by atoms with Gasteiger partial charge in [0.05, 0.1) is 27.7 Å². The second-order valence-corrected chi connectivity index (χ2v) is 9.56. The van der Waals surface area contributed by atoms with Crippen molar-refractivity contribution in [2.45, 2.75) is 4.90 Å². The summed E-state index contributed by atoms with van der Waals surface area (Å²) in [6.07, 6.45) is 1.48. The Kier molecular flexibility index (Phi) is 7.28. The molecule has 31 heavy (non-hydrogen) atoms. The van der Waals surface area contributed by atoms with Gasteiger partial charge >= 0.3 is 0 Å². The summed E-state index contributed by atoms with van der Waals surface area (Å²) in [5.74, 6) is -0.602. The number of halogens is 3. The molecule has 3 aromatic rings. The van der Waals surface area contributed by atoms with Crippen LogP contribution < -0.4 is 9.62 Å². The largest absolute Gasteiger partial charge is 0.322 e. The molecule has 160 valence electrons. The maximum Gasteiger partial charge on any atom is 0.264 e. The van der Waals surface area contributed by atoms with Crippen LogP contribution in [0.5, 0.6) is 0 Å². The summed E-state index contributed by atoms with van der Waals surface area (Å²) < 4.78 is 27.8. The summed E-state index contributed by atoms with van der Waals surface area (Å²) in [7, 11) is -3.99. The van der Waals surface area contributed by atoms with Crippen molar-refractivity contribution in [3.05, 3.63) is 100 Å². The van der Waals surface area contributed by atoms with Crippen LogP contribution in [0.3, 0.4) is 0 Å². The Balaban J connectivity index is 1.98. The molecular weight excluding hydrogens is 479 g/mol. The van der Waals surface area contributed by atoms with Crippen molar-refractivity contribution in [2.75, 3.05) is 16.2 Å². The predicted molar refractivity (Wildman–Crippen MR) is 127 cm³/mol. The van der Waals surface area contributed by atoms with Gasteiger partial charge in [0.2, 0.25) is 0 Å². The van der Waals surface area contributed by atoms with Gasteiger partial charge in [-0.05, 0) is 48.5 Å². The van der Waals surface area contributed by atoms with Gasteiger partial charge in [-0.25, -0.2) is 8.42 Å². The zero-order chi connectivity index (χ0) is 22.6. The number of benzene rings is 3. The average Bonchev–Trinajstić information content (AvgIpc) is 2.71. The van der Waals surface area contributed by atoms with Gasteiger partial charge in [-0.15, -0.1) is 6.58 Å². The summed E-state index contributed by atoms with van der Waals surface area (Å²) in [4.78, 5) is 12.7. The van der Waals surface area contributed by atoms with Gasteiger partial charge in [-0.3, -0.25) is 9.10 Å². The summed E-state index contributed by atoms with van der Waals surface area (Å²) in [5.41, 5.74) is 0.812. The van der Waals surface area contributed by atoms with Gasteiger partial charge in [0.25, 0.3) is 15.9 Å². The number of carbonyl (C=O) groups excluding carboxylic acids is 1. The lowest BCUT2D eigenvalue weighted by Crippen LogP contribution is -2.31. The third-order valence-electron chi connectivity index (χ3n) is 4.23. The fourth-order valence-electron chi connectivity index (χ4n) is 2.84. The second kappa shape index (κ2) is 9.75. The molecule has 3 aromatic carbocycles. The zero-order valence-corrected chi connectivity index (χ0v) is 19.1. The molecule has 0 bridgehead atoms. The van der Waals surface area contributed by atoms with Gasteiger partial charge < -0.3 is 5.32 Å². The van der Waals surface area contributed by atoms with Crippen LogP contribution in [0.25, 0.3) is 0 Å². The maximum atomic E-state index is 13.3. The van der Waals surface area contributed by atoms with Crippen LogP contribution in [0.2, 0.25) is 15.1 Å². The van der Waals surface area contributed by atoms with Crippen LogP contribution in [-0.2, 0) is 10.0 Å². The van der Waals surface area contributed by atoms with Crippen molar-refractivity contribution >= 4 is 62.1 Å². The highest BCUT2D eigenvalue weighted by atomic mass is 35.5. The van der Waals surface area contributed by atoms with Crippen molar-refractivity contribution in [1.29, 1.82) is 0 Å². The van der Waals surface area contributed by atoms with E-state index >= 15 is 0 Å². The Morgan fingerprint density at radius 2 is 1.61 bits per heavy atom. The first kappa shape index (κ1) is 23.2. The van der Waals surface area contributed by atoms with Gasteiger partial charge in [0, 0.05) is 15.7 Å². The van der Waals surface area contributed by atoms with Crippen LogP contribution >= 0.6 is 34.8 Å². The zero-order valence-electron chi connectivity index (χ0n) is 16.1. The van der Waals surface area contributed by atoms with Crippen LogP contribution in [0.4, 0.5) is 11.4 Å². The maximum absolute atomic E-state index is 13.3. The molecule has 0 fully saturated rings. The summed E-state index contributed by atoms with van der Waals surface area (Å²) in [6, 6.07) is 17.1. The molecule has 0 aliphatic rings. The SMILES string of the molecule is C=CCN(c1ccccc1)S(=O)(=O)c1ccc(Cl)c(C(=O)Nc2cc(Cl)cc(Cl)c2)c1. The monoisotopic (exact) mass is 494 g/mol. The van der Waals surface area contributed by atoms with Crippen LogP contribution in [-0.4, -0.2) is 20.9 Å². The number of sulfonamides is 1. The molecule has 0 saturated heterocycles. The third kappa shape index (κ3) is 5.40. The minimum Gasteiger partial charge on any atom is -0.322 e. The standard InChI is InChI=1S/C22H17Cl3N2O3S/c1-2-10-27(18-6-4-3-5-7-18)31(29,30)19-8-9-21(25)20(14-19)22(28)26-17-12-15(23)11-16(24)13-17/h2-9,11-14H,1,10H2,(H,26,28). The summed E-state index contributed by atoms with van der Waals surface area (Å²) >= 11 is 18.1. The summed E-state index contributed by atoms with van der Waals surface area (Å²) in [6.45, 7) is 3.69. The summed E-state index contributed by atoms with van der Waals surface area (Å²) in [5, 5.41) is 3.41. The minimum absolute atomic E-state index is 0.00884. The van der Waals surface area contributed by atoms with Crippen molar-refractivity contribution in [1.82, 2.24) is 0 Å². The molecule has 0 heterocycles. The molecule has 9 heteroatoms. The van der Waals surface area contributed by atoms with E-state index in [2.05, 4.69) is 11.9 Å². The lowest BCUT2D eigenvalue weighted by molar-refractivity contribution is 0.102. The fourth-order valence-corrected chi connectivity index (χ4v) is 5.04. The third-order valence-corrected chi connectivity index (χ3v) is 6.79. The Bertz CT molecular complexity index is 1210. The Labute approximate surface area is 195 Å². The van der Waals surface area contributed by atoms with Gasteiger partial charge in [-0.1, -0.05) is 59.1 Å². The van der Waals surface area contributed by atoms with Crippen LogP contribution in [0, 0.1) is 0 Å². The lowest BCUT2D eigenvalue weighted by Gasteiger charge is -2.23. The Morgan fingerprint density at radius 3 is 2.23 bits per heavy atom. The molecule has 0 aromatic heterocycles. The van der Waals surface area contributed by atoms with E-state index in [1.807, 2.05) is 0 Å². The highest BCUT2D eigenvalue weighted by molar-refractivity contribution is 7.92. The van der Waals surface area contributed by atoms with E-state index in [9.17, 15) is 13.2 Å². The van der Waals surface area contributed by atoms with E-state index < -0.39 is 15.9 Å². The van der Waals surface area contributed by atoms with Crippen molar-refractivity contribution in [2.24, 2.45) is 0 Å². The number of para-hydroxylation sites is 1. The molecule has 3 rings (SSSR count). The average molecular weight is 496 g/mol. The quantitative estimate of drug-likeness (QED) is 0.392. The van der Waals surface area contributed by atoms with E-state index in [0.717, 1.165) is 0 Å². The normalized spacial score (nSPS) is 11.1. The highest BCUT2D eigenvalue weighted by Gasteiger charge is 2.26. The molecule has 0 saturated carbocycles. The van der Waals surface area contributed by atoms with Crippen LogP contribution in [0.1, 0.15) is 10.4 Å². The fraction of sp³-hybridized carbons (Fsp3) is 0.0455. The van der Waals surface area contributed by atoms with Gasteiger partial charge in [-0.2, -0.15) is 0 Å². The smallest absolute Gasteiger partial charge is 0.264 e. The number of nitrogens with zero attached hydrogens (tertiary/aromatic N) is 1. The molecule has 0 unspecified atom stereocenters. The number of nitrogens with one attached hydrogen (secondary N) is 1. The first-order chi connectivity index (χ1) is 14.7.